The summed E-state index contributed by atoms with van der Waals surface area (Å²) in [6.07, 6.45) is 1.82. The largest absolute Gasteiger partial charge is 0.377 e. The molecule has 120 valence electrons. The number of benzene rings is 1. The molecule has 0 saturated carbocycles. The van der Waals surface area contributed by atoms with Crippen molar-refractivity contribution in [1.82, 2.24) is 15.1 Å². The molecular weight excluding hydrogens is 294 g/mol. The maximum absolute atomic E-state index is 12.3. The van der Waals surface area contributed by atoms with Crippen LogP contribution in [0.15, 0.2) is 18.2 Å². The second kappa shape index (κ2) is 5.45. The van der Waals surface area contributed by atoms with Gasteiger partial charge in [0, 0.05) is 11.8 Å². The number of nitrogens with one attached hydrogen (secondary N) is 1. The molecule has 23 heavy (non-hydrogen) atoms. The van der Waals surface area contributed by atoms with Crippen LogP contribution in [0.4, 0.5) is 0 Å². The predicted octanol–water partition coefficient (Wildman–Crippen LogP) is 1.69. The lowest BCUT2D eigenvalue weighted by Crippen LogP contribution is -2.39. The summed E-state index contributed by atoms with van der Waals surface area (Å²) in [4.78, 5) is 23.7. The first kappa shape index (κ1) is 14.4. The third-order valence-corrected chi connectivity index (χ3v) is 4.74. The van der Waals surface area contributed by atoms with Crippen LogP contribution in [-0.2, 0) is 20.7 Å². The van der Waals surface area contributed by atoms with E-state index >= 15 is 0 Å². The van der Waals surface area contributed by atoms with Crippen LogP contribution in [-0.4, -0.2) is 34.8 Å². The third kappa shape index (κ3) is 2.34. The number of amides is 2. The molecule has 1 N–H and O–H groups in total. The minimum atomic E-state index is -0.357. The molecule has 1 aromatic heterocycles. The molecule has 1 atom stereocenters. The van der Waals surface area contributed by atoms with Crippen molar-refractivity contribution in [3.8, 4) is 0 Å². The van der Waals surface area contributed by atoms with Gasteiger partial charge in [-0.15, -0.1) is 0 Å². The van der Waals surface area contributed by atoms with Crippen LogP contribution in [0.3, 0.4) is 0 Å². The Morgan fingerprint density at radius 2 is 2.17 bits per heavy atom. The first-order valence-electron chi connectivity index (χ1n) is 8.10. The summed E-state index contributed by atoms with van der Waals surface area (Å²) in [6, 6.07) is 6.53. The second-order valence-electron chi connectivity index (χ2n) is 6.23. The molecule has 2 aromatic rings. The van der Waals surface area contributed by atoms with Gasteiger partial charge in [0.1, 0.15) is 0 Å². The van der Waals surface area contributed by atoms with Crippen molar-refractivity contribution >= 4 is 22.7 Å². The van der Waals surface area contributed by atoms with E-state index in [1.54, 1.807) is 0 Å². The fourth-order valence-electron chi connectivity index (χ4n) is 3.29. The lowest BCUT2D eigenvalue weighted by Gasteiger charge is -2.27. The van der Waals surface area contributed by atoms with E-state index in [-0.39, 0.29) is 23.8 Å². The molecule has 6 heteroatoms. The molecular formula is C17H19N3O3. The van der Waals surface area contributed by atoms with E-state index in [9.17, 15) is 9.59 Å². The average Bonchev–Trinajstić information content (AvgIpc) is 2.84. The Labute approximate surface area is 133 Å². The minimum absolute atomic E-state index is 0.198. The van der Waals surface area contributed by atoms with Crippen molar-refractivity contribution in [2.24, 2.45) is 0 Å². The molecule has 0 bridgehead atoms. The summed E-state index contributed by atoms with van der Waals surface area (Å²) in [5.41, 5.74) is 3.04. The number of carbonyl (C=O) groups excluding carboxylic acids is 2. The van der Waals surface area contributed by atoms with Gasteiger partial charge in [0.2, 0.25) is 11.8 Å². The number of ether oxygens (including phenoxy) is 1. The lowest BCUT2D eigenvalue weighted by molar-refractivity contribution is -0.134. The zero-order valence-electron chi connectivity index (χ0n) is 13.0. The van der Waals surface area contributed by atoms with Gasteiger partial charge in [0.25, 0.3) is 0 Å². The molecule has 2 aliphatic heterocycles. The molecule has 2 fully saturated rings. The summed E-state index contributed by atoms with van der Waals surface area (Å²) < 4.78 is 7.27. The predicted molar refractivity (Wildman–Crippen MR) is 84.1 cm³/mol. The Morgan fingerprint density at radius 1 is 1.35 bits per heavy atom. The van der Waals surface area contributed by atoms with Crippen molar-refractivity contribution in [3.05, 3.63) is 29.5 Å². The molecule has 4 rings (SSSR count). The number of piperidine rings is 1. The normalized spacial score (nSPS) is 22.2. The second-order valence-corrected chi connectivity index (χ2v) is 6.23. The SMILES string of the molecule is CCc1ccc2c(c1)c(C1CCC(=O)NC1=O)nn2C1COC1. The molecule has 0 aliphatic carbocycles. The first-order valence-corrected chi connectivity index (χ1v) is 8.10. The van der Waals surface area contributed by atoms with E-state index < -0.39 is 0 Å². The first-order chi connectivity index (χ1) is 11.2. The quantitative estimate of drug-likeness (QED) is 0.875. The Balaban J connectivity index is 1.84. The average molecular weight is 313 g/mol. The van der Waals surface area contributed by atoms with Gasteiger partial charge in [-0.05, 0) is 30.5 Å². The Hall–Kier alpha value is -2.21. The summed E-state index contributed by atoms with van der Waals surface area (Å²) in [6.45, 7) is 3.42. The summed E-state index contributed by atoms with van der Waals surface area (Å²) in [5, 5.41) is 8.21. The standard InChI is InChI=1S/C17H19N3O3/c1-2-10-3-5-14-13(7-10)16(19-20(14)11-8-23-9-11)12-4-6-15(21)18-17(12)22/h3,5,7,11-12H,2,4,6,8-9H2,1H3,(H,18,21,22). The van der Waals surface area contributed by atoms with E-state index in [1.807, 2.05) is 4.68 Å². The van der Waals surface area contributed by atoms with Gasteiger partial charge in [0.05, 0.1) is 36.4 Å². The number of rotatable bonds is 3. The molecule has 1 aromatic carbocycles. The minimum Gasteiger partial charge on any atom is -0.377 e. The van der Waals surface area contributed by atoms with Gasteiger partial charge < -0.3 is 4.74 Å². The highest BCUT2D eigenvalue weighted by Crippen LogP contribution is 2.33. The topological polar surface area (TPSA) is 73.2 Å². The number of aryl methyl sites for hydroxylation is 1. The zero-order valence-corrected chi connectivity index (χ0v) is 13.0. The van der Waals surface area contributed by atoms with Gasteiger partial charge >= 0.3 is 0 Å². The molecule has 0 radical (unpaired) electrons. The molecule has 3 heterocycles. The highest BCUT2D eigenvalue weighted by molar-refractivity contribution is 6.02. The van der Waals surface area contributed by atoms with Crippen molar-refractivity contribution in [3.63, 3.8) is 0 Å². The number of hydrogen-bond acceptors (Lipinski definition) is 4. The van der Waals surface area contributed by atoms with Crippen LogP contribution in [0.1, 0.15) is 43.0 Å². The van der Waals surface area contributed by atoms with E-state index in [0.717, 1.165) is 23.0 Å². The van der Waals surface area contributed by atoms with Gasteiger partial charge in [0.15, 0.2) is 0 Å². The summed E-state index contributed by atoms with van der Waals surface area (Å²) in [5.74, 6) is -0.791. The fourth-order valence-corrected chi connectivity index (χ4v) is 3.29. The molecule has 1 unspecified atom stereocenters. The van der Waals surface area contributed by atoms with Crippen LogP contribution in [0.5, 0.6) is 0 Å². The zero-order chi connectivity index (χ0) is 16.0. The number of imide groups is 1. The van der Waals surface area contributed by atoms with E-state index in [4.69, 9.17) is 9.84 Å². The monoisotopic (exact) mass is 313 g/mol. The highest BCUT2D eigenvalue weighted by Gasteiger charge is 2.33. The maximum atomic E-state index is 12.3. The van der Waals surface area contributed by atoms with Crippen LogP contribution in [0.25, 0.3) is 10.9 Å². The van der Waals surface area contributed by atoms with Crippen molar-refractivity contribution in [2.45, 2.75) is 38.1 Å². The van der Waals surface area contributed by atoms with E-state index in [2.05, 4.69) is 30.4 Å². The Bertz CT molecular complexity index is 792. The van der Waals surface area contributed by atoms with Gasteiger partial charge in [-0.3, -0.25) is 19.6 Å². The molecule has 0 spiro atoms. The number of aromatic nitrogens is 2. The number of carbonyl (C=O) groups is 2. The molecule has 2 aliphatic rings. The molecule has 2 amide bonds. The van der Waals surface area contributed by atoms with Crippen LogP contribution in [0, 0.1) is 0 Å². The van der Waals surface area contributed by atoms with Gasteiger partial charge in [-0.1, -0.05) is 13.0 Å². The smallest absolute Gasteiger partial charge is 0.235 e. The Morgan fingerprint density at radius 3 is 2.83 bits per heavy atom. The third-order valence-electron chi connectivity index (χ3n) is 4.74. The van der Waals surface area contributed by atoms with Crippen LogP contribution < -0.4 is 5.32 Å². The van der Waals surface area contributed by atoms with Gasteiger partial charge in [-0.25, -0.2) is 0 Å². The maximum Gasteiger partial charge on any atom is 0.235 e. The lowest BCUT2D eigenvalue weighted by atomic mass is 9.92. The van der Waals surface area contributed by atoms with Crippen molar-refractivity contribution < 1.29 is 14.3 Å². The fraction of sp³-hybridized carbons (Fsp3) is 0.471. The van der Waals surface area contributed by atoms with Crippen molar-refractivity contribution in [1.29, 1.82) is 0 Å². The van der Waals surface area contributed by atoms with Crippen LogP contribution in [0.2, 0.25) is 0 Å². The van der Waals surface area contributed by atoms with Crippen LogP contribution >= 0.6 is 0 Å². The molecule has 2 saturated heterocycles. The number of nitrogens with zero attached hydrogens (tertiary/aromatic N) is 2. The summed E-state index contributed by atoms with van der Waals surface area (Å²) in [7, 11) is 0. The highest BCUT2D eigenvalue weighted by atomic mass is 16.5. The van der Waals surface area contributed by atoms with Gasteiger partial charge in [-0.2, -0.15) is 5.10 Å². The number of hydrogen-bond donors (Lipinski definition) is 1. The Kier molecular flexibility index (Phi) is 3.41. The van der Waals surface area contributed by atoms with E-state index in [0.29, 0.717) is 26.1 Å². The van der Waals surface area contributed by atoms with E-state index in [1.165, 1.54) is 5.56 Å². The van der Waals surface area contributed by atoms with Crippen molar-refractivity contribution in [2.75, 3.05) is 13.2 Å². The summed E-state index contributed by atoms with van der Waals surface area (Å²) >= 11 is 0. The molecule has 6 nitrogen and oxygen atoms in total. The number of fused-ring (bicyclic) bond motifs is 1.